The molecule has 198 valence electrons. The summed E-state index contributed by atoms with van der Waals surface area (Å²) in [7, 11) is 1.61. The topological polar surface area (TPSA) is 73.4 Å². The maximum atomic E-state index is 13.0. The van der Waals surface area contributed by atoms with E-state index >= 15 is 0 Å². The number of fused-ring (bicyclic) bond motifs is 3. The fourth-order valence-corrected chi connectivity index (χ4v) is 7.08. The summed E-state index contributed by atoms with van der Waals surface area (Å²) in [5, 5.41) is 0.768. The van der Waals surface area contributed by atoms with E-state index in [0.29, 0.717) is 36.5 Å². The normalized spacial score (nSPS) is 15.8. The Hall–Kier alpha value is -3.32. The van der Waals surface area contributed by atoms with Gasteiger partial charge in [-0.1, -0.05) is 31.4 Å². The first-order chi connectivity index (χ1) is 18.7. The zero-order valence-corrected chi connectivity index (χ0v) is 22.7. The van der Waals surface area contributed by atoms with Crippen LogP contribution in [0.2, 0.25) is 0 Å². The summed E-state index contributed by atoms with van der Waals surface area (Å²) >= 11 is 1.65. The summed E-state index contributed by atoms with van der Waals surface area (Å²) in [4.78, 5) is 22.9. The lowest BCUT2D eigenvalue weighted by Gasteiger charge is -2.22. The first-order valence-electron chi connectivity index (χ1n) is 13.8. The molecule has 4 aromatic rings. The average Bonchev–Trinajstić information content (AvgIpc) is 3.35. The highest BCUT2D eigenvalue weighted by atomic mass is 32.1. The van der Waals surface area contributed by atoms with Crippen molar-refractivity contribution in [3.8, 4) is 28.6 Å². The van der Waals surface area contributed by atoms with Crippen LogP contribution in [0.25, 0.3) is 21.6 Å². The van der Waals surface area contributed by atoms with Crippen LogP contribution in [0.5, 0.6) is 17.2 Å². The van der Waals surface area contributed by atoms with Crippen LogP contribution in [0, 0.1) is 0 Å². The Morgan fingerprint density at radius 3 is 2.53 bits per heavy atom. The molecule has 1 N–H and O–H groups in total. The quantitative estimate of drug-likeness (QED) is 0.247. The molecule has 0 bridgehead atoms. The predicted octanol–water partition coefficient (Wildman–Crippen LogP) is 7.04. The minimum absolute atomic E-state index is 0.0624. The Morgan fingerprint density at radius 2 is 1.71 bits per heavy atom. The molecule has 1 saturated carbocycles. The van der Waals surface area contributed by atoms with Crippen LogP contribution >= 0.6 is 11.3 Å². The highest BCUT2D eigenvalue weighted by molar-refractivity contribution is 7.18. The number of H-pyrrole nitrogens is 1. The minimum Gasteiger partial charge on any atom is -0.493 e. The number of thiophene rings is 1. The second-order valence-electron chi connectivity index (χ2n) is 10.3. The predicted molar refractivity (Wildman–Crippen MR) is 152 cm³/mol. The molecule has 0 atom stereocenters. The van der Waals surface area contributed by atoms with E-state index in [4.69, 9.17) is 19.2 Å². The lowest BCUT2D eigenvalue weighted by atomic mass is 9.84. The van der Waals surface area contributed by atoms with E-state index in [1.807, 2.05) is 18.2 Å². The number of nitrogens with zero attached hydrogens (tertiary/aromatic N) is 1. The van der Waals surface area contributed by atoms with Crippen LogP contribution in [-0.2, 0) is 12.8 Å². The second-order valence-corrected chi connectivity index (χ2v) is 11.4. The maximum Gasteiger partial charge on any atom is 0.260 e. The van der Waals surface area contributed by atoms with Crippen molar-refractivity contribution in [3.05, 3.63) is 68.8 Å². The van der Waals surface area contributed by atoms with Crippen LogP contribution in [-0.4, -0.2) is 30.3 Å². The molecule has 0 saturated heterocycles. The molecule has 2 heterocycles. The Balaban J connectivity index is 1.10. The Bertz CT molecular complexity index is 1470. The number of ether oxygens (including phenoxy) is 3. The molecule has 2 aromatic carbocycles. The Labute approximate surface area is 227 Å². The molecule has 0 spiro atoms. The van der Waals surface area contributed by atoms with E-state index in [0.717, 1.165) is 40.8 Å². The third kappa shape index (κ3) is 5.17. The van der Waals surface area contributed by atoms with E-state index < -0.39 is 0 Å². The number of aromatic amines is 1. The molecule has 6 nitrogen and oxygen atoms in total. The van der Waals surface area contributed by atoms with Crippen molar-refractivity contribution in [3.63, 3.8) is 0 Å². The Kier molecular flexibility index (Phi) is 7.36. The van der Waals surface area contributed by atoms with Crippen molar-refractivity contribution in [2.24, 2.45) is 0 Å². The number of aromatic nitrogens is 2. The van der Waals surface area contributed by atoms with Crippen molar-refractivity contribution in [1.29, 1.82) is 0 Å². The van der Waals surface area contributed by atoms with Crippen molar-refractivity contribution >= 4 is 21.6 Å². The zero-order valence-electron chi connectivity index (χ0n) is 21.9. The van der Waals surface area contributed by atoms with E-state index in [1.54, 1.807) is 18.4 Å². The summed E-state index contributed by atoms with van der Waals surface area (Å²) in [6.07, 6.45) is 11.0. The third-order valence-electron chi connectivity index (χ3n) is 7.83. The van der Waals surface area contributed by atoms with Gasteiger partial charge in [0.25, 0.3) is 5.56 Å². The van der Waals surface area contributed by atoms with Crippen molar-refractivity contribution in [1.82, 2.24) is 9.97 Å². The molecular weight excluding hydrogens is 496 g/mol. The van der Waals surface area contributed by atoms with E-state index in [-0.39, 0.29) is 5.56 Å². The molecular formula is C31H34N2O4S. The number of aryl methyl sites for hydroxylation is 2. The summed E-state index contributed by atoms with van der Waals surface area (Å²) in [6, 6.07) is 14.2. The maximum absolute atomic E-state index is 13.0. The number of methoxy groups -OCH3 is 1. The molecule has 0 radical (unpaired) electrons. The van der Waals surface area contributed by atoms with E-state index in [1.165, 1.54) is 54.5 Å². The SMILES string of the molecule is COc1cc(-c2nc3sc4c(c3c(=O)[nH]2)CCCC4)ccc1OCCOc1ccc(C2CCCCC2)cc1. The van der Waals surface area contributed by atoms with Gasteiger partial charge in [-0.05, 0) is 85.9 Å². The summed E-state index contributed by atoms with van der Waals surface area (Å²) in [5.74, 6) is 3.32. The number of hydrogen-bond donors (Lipinski definition) is 1. The zero-order chi connectivity index (χ0) is 25.9. The molecule has 0 unspecified atom stereocenters. The van der Waals surface area contributed by atoms with Crippen LogP contribution in [0.4, 0.5) is 0 Å². The molecule has 1 fully saturated rings. The highest BCUT2D eigenvalue weighted by Crippen LogP contribution is 2.36. The summed E-state index contributed by atoms with van der Waals surface area (Å²) in [5.41, 5.74) is 3.34. The number of benzene rings is 2. The van der Waals surface area contributed by atoms with Crippen molar-refractivity contribution in [2.45, 2.75) is 63.7 Å². The fraction of sp³-hybridized carbons (Fsp3) is 0.419. The van der Waals surface area contributed by atoms with Crippen molar-refractivity contribution < 1.29 is 14.2 Å². The first-order valence-corrected chi connectivity index (χ1v) is 14.6. The van der Waals surface area contributed by atoms with E-state index in [9.17, 15) is 4.79 Å². The Morgan fingerprint density at radius 1 is 0.921 bits per heavy atom. The van der Waals surface area contributed by atoms with Gasteiger partial charge in [0, 0.05) is 10.4 Å². The summed E-state index contributed by atoms with van der Waals surface area (Å²) < 4.78 is 17.5. The largest absolute Gasteiger partial charge is 0.493 e. The van der Waals surface area contributed by atoms with Crippen molar-refractivity contribution in [2.75, 3.05) is 20.3 Å². The minimum atomic E-state index is -0.0624. The highest BCUT2D eigenvalue weighted by Gasteiger charge is 2.20. The first kappa shape index (κ1) is 25.0. The van der Waals surface area contributed by atoms with Gasteiger partial charge in [-0.15, -0.1) is 11.3 Å². The second kappa shape index (κ2) is 11.2. The lowest BCUT2D eigenvalue weighted by molar-refractivity contribution is 0.211. The third-order valence-corrected chi connectivity index (χ3v) is 9.01. The van der Waals surface area contributed by atoms with Gasteiger partial charge in [0.05, 0.1) is 12.5 Å². The van der Waals surface area contributed by atoms with Gasteiger partial charge < -0.3 is 19.2 Å². The van der Waals surface area contributed by atoms with Crippen LogP contribution in [0.3, 0.4) is 0 Å². The number of rotatable bonds is 8. The lowest BCUT2D eigenvalue weighted by Crippen LogP contribution is -2.11. The molecule has 7 heteroatoms. The van der Waals surface area contributed by atoms with E-state index in [2.05, 4.69) is 29.2 Å². The molecule has 38 heavy (non-hydrogen) atoms. The van der Waals surface area contributed by atoms with Crippen LogP contribution < -0.4 is 19.8 Å². The van der Waals surface area contributed by atoms with Crippen LogP contribution in [0.15, 0.2) is 47.3 Å². The molecule has 2 aliphatic carbocycles. The van der Waals surface area contributed by atoms with Gasteiger partial charge in [0.15, 0.2) is 11.5 Å². The monoisotopic (exact) mass is 530 g/mol. The van der Waals surface area contributed by atoms with Gasteiger partial charge in [-0.3, -0.25) is 4.79 Å². The number of nitrogens with one attached hydrogen (secondary N) is 1. The van der Waals surface area contributed by atoms with Gasteiger partial charge >= 0.3 is 0 Å². The standard InChI is InChI=1S/C31H34N2O4S/c1-35-26-19-22(29-32-30(34)28-24-9-5-6-10-27(24)38-31(28)33-29)13-16-25(26)37-18-17-36-23-14-11-21(12-15-23)20-7-3-2-4-8-20/h11-16,19-20H,2-10,17-18H2,1H3,(H,32,33,34). The molecule has 2 aromatic heterocycles. The van der Waals surface area contributed by atoms with Gasteiger partial charge in [0.2, 0.25) is 0 Å². The van der Waals surface area contributed by atoms with Gasteiger partial charge in [-0.2, -0.15) is 0 Å². The molecule has 2 aliphatic rings. The molecule has 6 rings (SSSR count). The fourth-order valence-electron chi connectivity index (χ4n) is 5.82. The molecule has 0 amide bonds. The van der Waals surface area contributed by atoms with Crippen LogP contribution in [0.1, 0.15) is 66.9 Å². The summed E-state index contributed by atoms with van der Waals surface area (Å²) in [6.45, 7) is 0.824. The van der Waals surface area contributed by atoms with Gasteiger partial charge in [-0.25, -0.2) is 4.98 Å². The average molecular weight is 531 g/mol. The number of hydrogen-bond acceptors (Lipinski definition) is 6. The smallest absolute Gasteiger partial charge is 0.260 e. The molecule has 0 aliphatic heterocycles. The van der Waals surface area contributed by atoms with Gasteiger partial charge in [0.1, 0.15) is 29.6 Å².